The highest BCUT2D eigenvalue weighted by atomic mass is 19.1. The minimum atomic E-state index is -1.01. The van der Waals surface area contributed by atoms with Gasteiger partial charge < -0.3 is 29.4 Å². The summed E-state index contributed by atoms with van der Waals surface area (Å²) in [6.45, 7) is 1.43. The first-order valence-electron chi connectivity index (χ1n) is 9.92. The summed E-state index contributed by atoms with van der Waals surface area (Å²) in [5.41, 5.74) is 0.376. The highest BCUT2D eigenvalue weighted by Gasteiger charge is 2.21. The van der Waals surface area contributed by atoms with Gasteiger partial charge in [0.2, 0.25) is 12.7 Å². The van der Waals surface area contributed by atoms with E-state index in [1.165, 1.54) is 31.3 Å². The van der Waals surface area contributed by atoms with Gasteiger partial charge >= 0.3 is 5.97 Å². The topological polar surface area (TPSA) is 119 Å². The summed E-state index contributed by atoms with van der Waals surface area (Å²) in [7, 11) is 0. The molecule has 1 atom stereocenters. The molecule has 3 aromatic rings. The molecule has 1 amide bonds. The fraction of sp³-hybridized carbons (Fsp3) is 0.174. The van der Waals surface area contributed by atoms with Gasteiger partial charge in [-0.3, -0.25) is 4.79 Å². The number of fused-ring (bicyclic) bond motifs is 1. The maximum atomic E-state index is 14.4. The molecule has 4 rings (SSSR count). The predicted molar refractivity (Wildman–Crippen MR) is 113 cm³/mol. The van der Waals surface area contributed by atoms with E-state index in [0.29, 0.717) is 17.2 Å². The average molecular weight is 455 g/mol. The molecule has 9 nitrogen and oxygen atoms in total. The number of nitrogens with one attached hydrogen (secondary N) is 1. The highest BCUT2D eigenvalue weighted by Crippen LogP contribution is 2.36. The Bertz CT molecular complexity index is 1200. The molecule has 1 unspecified atom stereocenters. The summed E-state index contributed by atoms with van der Waals surface area (Å²) in [6.07, 6.45) is 0.476. The number of pyridine rings is 1. The Labute approximate surface area is 187 Å². The van der Waals surface area contributed by atoms with Crippen LogP contribution in [0.4, 0.5) is 4.39 Å². The van der Waals surface area contributed by atoms with Gasteiger partial charge in [-0.2, -0.15) is 0 Å². The number of benzene rings is 2. The van der Waals surface area contributed by atoms with Gasteiger partial charge in [-0.25, -0.2) is 9.37 Å². The van der Waals surface area contributed by atoms with Crippen molar-refractivity contribution in [3.8, 4) is 28.9 Å². The molecule has 2 heterocycles. The van der Waals surface area contributed by atoms with Crippen molar-refractivity contribution in [2.24, 2.45) is 0 Å². The van der Waals surface area contributed by atoms with E-state index in [2.05, 4.69) is 10.3 Å². The molecule has 1 aliphatic rings. The molecule has 0 aliphatic carbocycles. The number of rotatable bonds is 8. The summed E-state index contributed by atoms with van der Waals surface area (Å²) in [5, 5.41) is 9.65. The molecule has 1 aliphatic heterocycles. The first-order chi connectivity index (χ1) is 15.9. The van der Waals surface area contributed by atoms with E-state index in [0.717, 1.165) is 6.07 Å². The lowest BCUT2D eigenvalue weighted by molar-refractivity contribution is -0.144. The van der Waals surface area contributed by atoms with Crippen LogP contribution in [0.2, 0.25) is 0 Å². The molecular weight excluding hydrogens is 435 g/mol. The normalized spacial score (nSPS) is 12.7. The van der Waals surface area contributed by atoms with Crippen LogP contribution in [-0.2, 0) is 11.3 Å². The van der Waals surface area contributed by atoms with E-state index in [-0.39, 0.29) is 36.1 Å². The van der Waals surface area contributed by atoms with Crippen molar-refractivity contribution in [2.45, 2.75) is 19.6 Å². The predicted octanol–water partition coefficient (Wildman–Crippen LogP) is 2.69. The van der Waals surface area contributed by atoms with Gasteiger partial charge in [-0.05, 0) is 37.3 Å². The van der Waals surface area contributed by atoms with E-state index in [1.54, 1.807) is 24.3 Å². The minimum absolute atomic E-state index is 0.0760. The fourth-order valence-electron chi connectivity index (χ4n) is 2.97. The third-order valence-corrected chi connectivity index (χ3v) is 4.72. The Morgan fingerprint density at radius 2 is 1.94 bits per heavy atom. The molecule has 0 fully saturated rings. The first-order valence-corrected chi connectivity index (χ1v) is 9.92. The molecule has 0 bridgehead atoms. The van der Waals surface area contributed by atoms with E-state index >= 15 is 0 Å². The van der Waals surface area contributed by atoms with Crippen LogP contribution in [0.15, 0.2) is 54.7 Å². The summed E-state index contributed by atoms with van der Waals surface area (Å²) < 4.78 is 36.0. The summed E-state index contributed by atoms with van der Waals surface area (Å²) in [6, 6.07) is 12.1. The number of carbonyl (C=O) groups is 2. The lowest BCUT2D eigenvalue weighted by Crippen LogP contribution is -2.24. The maximum Gasteiger partial charge on any atom is 0.556 e. The van der Waals surface area contributed by atoms with Crippen molar-refractivity contribution in [1.82, 2.24) is 10.3 Å². The van der Waals surface area contributed by atoms with Crippen molar-refractivity contribution >= 4 is 11.9 Å². The zero-order valence-corrected chi connectivity index (χ0v) is 17.5. The average Bonchev–Trinajstić information content (AvgIpc) is 3.26. The molecule has 0 saturated carbocycles. The number of ether oxygens (including phenoxy) is 4. The van der Waals surface area contributed by atoms with Gasteiger partial charge in [-0.1, -0.05) is 6.07 Å². The van der Waals surface area contributed by atoms with Crippen LogP contribution >= 0.6 is 0 Å². The Kier molecular flexibility index (Phi) is 6.25. The smallest absolute Gasteiger partial charge is 0.556 e. The van der Waals surface area contributed by atoms with Crippen molar-refractivity contribution < 1.29 is 38.0 Å². The lowest BCUT2D eigenvalue weighted by atomic mass is 10.2. The number of carbonyl (C=O) groups excluding carboxylic acids is 2. The Hall–Kier alpha value is -4.34. The number of hydrogen-bond donors (Lipinski definition) is 1. The van der Waals surface area contributed by atoms with Gasteiger partial charge in [0.15, 0.2) is 11.5 Å². The van der Waals surface area contributed by atoms with Crippen LogP contribution in [0.3, 0.4) is 0 Å². The zero-order valence-electron chi connectivity index (χ0n) is 17.5. The third kappa shape index (κ3) is 5.12. The summed E-state index contributed by atoms with van der Waals surface area (Å²) >= 11 is 0. The van der Waals surface area contributed by atoms with Crippen LogP contribution in [-0.4, -0.2) is 34.9 Å². The summed E-state index contributed by atoms with van der Waals surface area (Å²) in [4.78, 5) is 27.8. The molecule has 0 saturated heterocycles. The molecule has 3 N–H and O–H groups in total. The Morgan fingerprint density at radius 3 is 2.73 bits per heavy atom. The Balaban J connectivity index is 1.43. The van der Waals surface area contributed by atoms with Gasteiger partial charge in [0.25, 0.3) is 12.0 Å². The molecular formula is C23H20FN2O7+. The minimum Gasteiger partial charge on any atom is -0.562 e. The van der Waals surface area contributed by atoms with Gasteiger partial charge in [0.05, 0.1) is 0 Å². The quantitative estimate of drug-likeness (QED) is 0.519. The molecule has 1 aromatic heterocycles. The fourth-order valence-corrected chi connectivity index (χ4v) is 2.97. The number of nitrogens with zero attached hydrogens (tertiary/aromatic N) is 1. The monoisotopic (exact) mass is 455 g/mol. The third-order valence-electron chi connectivity index (χ3n) is 4.72. The van der Waals surface area contributed by atoms with Gasteiger partial charge in [-0.15, -0.1) is 0 Å². The van der Waals surface area contributed by atoms with Crippen molar-refractivity contribution in [3.63, 3.8) is 0 Å². The van der Waals surface area contributed by atoms with Crippen LogP contribution in [0, 0.1) is 5.82 Å². The van der Waals surface area contributed by atoms with Crippen LogP contribution < -0.4 is 24.3 Å². The summed E-state index contributed by atoms with van der Waals surface area (Å²) in [5.74, 6) is -0.322. The van der Waals surface area contributed by atoms with Crippen LogP contribution in [0.25, 0.3) is 0 Å². The lowest BCUT2D eigenvalue weighted by Gasteiger charge is -2.12. The van der Waals surface area contributed by atoms with Crippen molar-refractivity contribution in [2.75, 3.05) is 6.79 Å². The van der Waals surface area contributed by atoms with Crippen LogP contribution in [0.5, 0.6) is 28.9 Å². The number of hydrogen-bond acceptors (Lipinski definition) is 7. The van der Waals surface area contributed by atoms with Gasteiger partial charge in [0.1, 0.15) is 22.9 Å². The standard InChI is InChI=1S/C23H19FN2O7/c1-13(23(28)29)32-15-5-4-14(18(24)9-15)11-26-21(27)17-3-2-8-25-22(17)33-16-6-7-19-20(10-16)31-12-30-19/h2-10,13H,11-12H2,1H3,(H,26,27)(H,28,29)/p+1. The van der Waals surface area contributed by atoms with Crippen molar-refractivity contribution in [3.05, 3.63) is 71.7 Å². The number of halogens is 1. The molecule has 33 heavy (non-hydrogen) atoms. The Morgan fingerprint density at radius 1 is 1.15 bits per heavy atom. The van der Waals surface area contributed by atoms with E-state index in [9.17, 15) is 14.0 Å². The van der Waals surface area contributed by atoms with Crippen molar-refractivity contribution in [1.29, 1.82) is 0 Å². The molecule has 0 radical (unpaired) electrons. The largest absolute Gasteiger partial charge is 0.562 e. The second kappa shape index (κ2) is 9.43. The second-order valence-corrected chi connectivity index (χ2v) is 7.03. The zero-order chi connectivity index (χ0) is 23.4. The molecule has 0 spiro atoms. The maximum absolute atomic E-state index is 14.4. The first kappa shape index (κ1) is 21.9. The van der Waals surface area contributed by atoms with E-state index in [1.807, 2.05) is 0 Å². The SMILES string of the molecule is CC(Oc1ccc(CNC(=O)c2cccnc2Oc2ccc3c(c2)OCO3)c(F)c1)C(=O)[OH2+]. The second-order valence-electron chi connectivity index (χ2n) is 7.03. The molecule has 2 aromatic carbocycles. The molecule has 170 valence electrons. The number of aromatic nitrogens is 1. The molecule has 10 heteroatoms. The van der Waals surface area contributed by atoms with Gasteiger partial charge in [0, 0.05) is 35.2 Å². The highest BCUT2D eigenvalue weighted by molar-refractivity contribution is 5.96. The van der Waals surface area contributed by atoms with E-state index < -0.39 is 23.8 Å². The number of amides is 1. The van der Waals surface area contributed by atoms with E-state index in [4.69, 9.17) is 24.1 Å². The van der Waals surface area contributed by atoms with Crippen LogP contribution in [0.1, 0.15) is 22.8 Å².